The van der Waals surface area contributed by atoms with Gasteiger partial charge in [-0.1, -0.05) is 117 Å². The number of carbonyl (C=O) groups is 7. The average molecular weight is 763 g/mol. The van der Waals surface area contributed by atoms with Gasteiger partial charge in [0.15, 0.2) is 11.6 Å². The van der Waals surface area contributed by atoms with Crippen molar-refractivity contribution >= 4 is 41.0 Å². The Hall–Kier alpha value is -3.11. The highest BCUT2D eigenvalue weighted by atomic mass is 16.2. The highest BCUT2D eigenvalue weighted by Gasteiger charge is 2.25. The molecule has 0 saturated heterocycles. The molecule has 0 fully saturated rings. The van der Waals surface area contributed by atoms with Gasteiger partial charge >= 0.3 is 0 Å². The molecule has 0 aromatic carbocycles. The van der Waals surface area contributed by atoms with E-state index in [4.69, 9.17) is 0 Å². The Kier molecular flexibility index (Phi) is 32.4. The van der Waals surface area contributed by atoms with Gasteiger partial charge in [0.25, 0.3) is 0 Å². The molecule has 0 rings (SSSR count). The fourth-order valence-electron chi connectivity index (χ4n) is 6.43. The smallest absolute Gasteiger partial charge is 0.243 e. The summed E-state index contributed by atoms with van der Waals surface area (Å²) in [5.41, 5.74) is 0. The van der Waals surface area contributed by atoms with Crippen molar-refractivity contribution in [3.63, 3.8) is 0 Å². The van der Waals surface area contributed by atoms with Crippen LogP contribution in [0.2, 0.25) is 0 Å². The van der Waals surface area contributed by atoms with Crippen LogP contribution in [0.3, 0.4) is 0 Å². The summed E-state index contributed by atoms with van der Waals surface area (Å²) in [4.78, 5) is 87.0. The van der Waals surface area contributed by atoms with Crippen molar-refractivity contribution in [3.8, 4) is 0 Å². The predicted octanol–water partition coefficient (Wildman–Crippen LogP) is 7.90. The lowest BCUT2D eigenvalue weighted by Crippen LogP contribution is -2.51. The Labute approximate surface area is 327 Å². The Balaban J connectivity index is 4.53. The minimum Gasteiger partial charge on any atom is -0.356 e. The van der Waals surface area contributed by atoms with Crippen molar-refractivity contribution < 1.29 is 33.6 Å². The first-order valence-electron chi connectivity index (χ1n) is 21.6. The maximum Gasteiger partial charge on any atom is 0.243 e. The number of nitrogens with one attached hydrogen (secondary N) is 4. The number of hydrogen-bond acceptors (Lipinski definition) is 7. The first kappa shape index (κ1) is 50.9. The summed E-state index contributed by atoms with van der Waals surface area (Å²) in [5.74, 6) is -1.58. The van der Waals surface area contributed by atoms with Crippen molar-refractivity contribution in [2.75, 3.05) is 6.54 Å². The van der Waals surface area contributed by atoms with E-state index in [9.17, 15) is 33.6 Å². The molecule has 0 aliphatic carbocycles. The molecular weight excluding hydrogens is 684 g/mol. The molecule has 0 heterocycles. The highest BCUT2D eigenvalue weighted by Crippen LogP contribution is 2.13. The molecule has 4 N–H and O–H groups in total. The molecule has 312 valence electrons. The van der Waals surface area contributed by atoms with Crippen LogP contribution in [-0.2, 0) is 33.6 Å². The van der Waals surface area contributed by atoms with E-state index in [1.165, 1.54) is 91.4 Å². The maximum absolute atomic E-state index is 13.2. The second kappa shape index (κ2) is 34.4. The number of Topliss-reactive ketones (excluding diaryl/α,β-unsaturated/α-hetero) is 3. The molecule has 0 radical (unpaired) electrons. The minimum absolute atomic E-state index is 0.0861. The molecule has 3 atom stereocenters. The predicted molar refractivity (Wildman–Crippen MR) is 217 cm³/mol. The SMILES string of the molecule is CCCCCCCCCCCC(=O)NC(CCC(=O)NCCCCC(NC(=O)C(CCC(C)=O)NC(=O)CCCCCCCCCCC)C(C)=O)C(C)=O. The molecule has 3 unspecified atom stereocenters. The lowest BCUT2D eigenvalue weighted by atomic mass is 10.0. The van der Waals surface area contributed by atoms with Crippen LogP contribution in [0.1, 0.15) is 208 Å². The van der Waals surface area contributed by atoms with Crippen LogP contribution >= 0.6 is 0 Å². The van der Waals surface area contributed by atoms with E-state index in [1.54, 1.807) is 0 Å². The zero-order valence-corrected chi connectivity index (χ0v) is 34.9. The van der Waals surface area contributed by atoms with Gasteiger partial charge in [-0.3, -0.25) is 28.8 Å². The van der Waals surface area contributed by atoms with Gasteiger partial charge in [0.1, 0.15) is 11.8 Å². The van der Waals surface area contributed by atoms with Crippen molar-refractivity contribution in [1.82, 2.24) is 21.3 Å². The maximum atomic E-state index is 13.2. The summed E-state index contributed by atoms with van der Waals surface area (Å²) >= 11 is 0. The lowest BCUT2D eigenvalue weighted by molar-refractivity contribution is -0.131. The molecule has 0 aromatic rings. The molecule has 11 nitrogen and oxygen atoms in total. The molecule has 0 aromatic heterocycles. The third-order valence-electron chi connectivity index (χ3n) is 9.99. The van der Waals surface area contributed by atoms with E-state index in [0.717, 1.165) is 44.9 Å². The molecule has 54 heavy (non-hydrogen) atoms. The van der Waals surface area contributed by atoms with E-state index in [2.05, 4.69) is 35.1 Å². The lowest BCUT2D eigenvalue weighted by Gasteiger charge is -2.22. The standard InChI is InChI=1S/C43H78N4O7/c1-6-8-10-12-14-16-18-20-22-27-41(52)45-38(36(5)50)31-32-40(51)44-33-25-24-26-37(35(4)49)47-43(54)39(30-29-34(3)48)46-42(53)28-23-21-19-17-15-13-11-9-7-2/h37-39H,6-33H2,1-5H3,(H,44,51)(H,45,52)(H,46,53)(H,47,54). The zero-order valence-electron chi connectivity index (χ0n) is 34.9. The third-order valence-corrected chi connectivity index (χ3v) is 9.99. The second-order valence-corrected chi connectivity index (χ2v) is 15.3. The van der Waals surface area contributed by atoms with Crippen molar-refractivity contribution in [2.24, 2.45) is 0 Å². The Morgan fingerprint density at radius 3 is 1.24 bits per heavy atom. The van der Waals surface area contributed by atoms with Crippen molar-refractivity contribution in [3.05, 3.63) is 0 Å². The molecular formula is C43H78N4O7. The van der Waals surface area contributed by atoms with Gasteiger partial charge in [0.05, 0.1) is 12.1 Å². The molecule has 4 amide bonds. The summed E-state index contributed by atoms with van der Waals surface area (Å²) in [6.07, 6.45) is 23.4. The first-order valence-corrected chi connectivity index (χ1v) is 21.6. The van der Waals surface area contributed by atoms with Gasteiger partial charge in [0, 0.05) is 32.2 Å². The fourth-order valence-corrected chi connectivity index (χ4v) is 6.43. The van der Waals surface area contributed by atoms with Crippen molar-refractivity contribution in [1.29, 1.82) is 0 Å². The van der Waals surface area contributed by atoms with E-state index < -0.39 is 24.0 Å². The van der Waals surface area contributed by atoms with Gasteiger partial charge in [-0.2, -0.15) is 0 Å². The van der Waals surface area contributed by atoms with E-state index in [-0.39, 0.29) is 60.8 Å². The number of amides is 4. The number of rotatable bonds is 37. The topological polar surface area (TPSA) is 168 Å². The van der Waals surface area contributed by atoms with Crippen molar-refractivity contribution in [2.45, 2.75) is 226 Å². The van der Waals surface area contributed by atoms with Gasteiger partial charge in [-0.25, -0.2) is 0 Å². The summed E-state index contributed by atoms with van der Waals surface area (Å²) in [6, 6.07) is -2.35. The van der Waals surface area contributed by atoms with Crippen LogP contribution in [0.15, 0.2) is 0 Å². The summed E-state index contributed by atoms with van der Waals surface area (Å²) in [6.45, 7) is 9.04. The average Bonchev–Trinajstić information content (AvgIpc) is 3.12. The highest BCUT2D eigenvalue weighted by molar-refractivity contribution is 5.92. The van der Waals surface area contributed by atoms with Crippen LogP contribution in [-0.4, -0.2) is 65.6 Å². The molecule has 11 heteroatoms. The molecule has 0 bridgehead atoms. The van der Waals surface area contributed by atoms with E-state index in [1.807, 2.05) is 0 Å². The monoisotopic (exact) mass is 763 g/mol. The van der Waals surface area contributed by atoms with Gasteiger partial charge in [-0.05, 0) is 65.7 Å². The molecule has 0 aliphatic heterocycles. The number of unbranched alkanes of at least 4 members (excludes halogenated alkanes) is 17. The van der Waals surface area contributed by atoms with Gasteiger partial charge in [-0.15, -0.1) is 0 Å². The molecule has 0 saturated carbocycles. The Morgan fingerprint density at radius 2 is 0.796 bits per heavy atom. The number of hydrogen-bond donors (Lipinski definition) is 4. The molecule has 0 aliphatic rings. The summed E-state index contributed by atoms with van der Waals surface area (Å²) < 4.78 is 0. The normalized spacial score (nSPS) is 12.7. The zero-order chi connectivity index (χ0) is 40.4. The fraction of sp³-hybridized carbons (Fsp3) is 0.837. The van der Waals surface area contributed by atoms with Crippen LogP contribution in [0, 0.1) is 0 Å². The molecule has 0 spiro atoms. The Bertz CT molecular complexity index is 1080. The van der Waals surface area contributed by atoms with Crippen LogP contribution in [0.5, 0.6) is 0 Å². The van der Waals surface area contributed by atoms with E-state index in [0.29, 0.717) is 38.6 Å². The van der Waals surface area contributed by atoms with Gasteiger partial charge < -0.3 is 26.1 Å². The number of carbonyl (C=O) groups excluding carboxylic acids is 7. The number of ketones is 3. The van der Waals surface area contributed by atoms with E-state index >= 15 is 0 Å². The third kappa shape index (κ3) is 30.2. The largest absolute Gasteiger partial charge is 0.356 e. The quantitative estimate of drug-likeness (QED) is 0.0467. The van der Waals surface area contributed by atoms with Crippen LogP contribution < -0.4 is 21.3 Å². The summed E-state index contributed by atoms with van der Waals surface area (Å²) in [7, 11) is 0. The second-order valence-electron chi connectivity index (χ2n) is 15.3. The Morgan fingerprint density at radius 1 is 0.389 bits per heavy atom. The van der Waals surface area contributed by atoms with Gasteiger partial charge in [0.2, 0.25) is 23.6 Å². The van der Waals surface area contributed by atoms with Crippen LogP contribution in [0.4, 0.5) is 0 Å². The first-order chi connectivity index (χ1) is 25.9. The summed E-state index contributed by atoms with van der Waals surface area (Å²) in [5, 5.41) is 11.2. The van der Waals surface area contributed by atoms with Crippen LogP contribution in [0.25, 0.3) is 0 Å². The minimum atomic E-state index is -0.903.